The number of nitrogens with zero attached hydrogens (tertiary/aromatic N) is 7. The first-order valence-electron chi connectivity index (χ1n) is 11.3. The molecule has 0 radical (unpaired) electrons. The summed E-state index contributed by atoms with van der Waals surface area (Å²) < 4.78 is 1.97. The third-order valence-corrected chi connectivity index (χ3v) is 7.17. The molecule has 3 aromatic heterocycles. The molecule has 5 rings (SSSR count). The lowest BCUT2D eigenvalue weighted by Gasteiger charge is -2.34. The predicted molar refractivity (Wildman–Crippen MR) is 128 cm³/mol. The van der Waals surface area contributed by atoms with E-state index in [1.165, 1.54) is 0 Å². The Labute approximate surface area is 196 Å². The van der Waals surface area contributed by atoms with Gasteiger partial charge in [0.1, 0.15) is 10.0 Å². The lowest BCUT2D eigenvalue weighted by Crippen LogP contribution is -2.39. The van der Waals surface area contributed by atoms with E-state index in [0.29, 0.717) is 23.3 Å². The molecule has 4 aromatic rings. The number of Topliss-reactive ketones (excluding diaryl/α,β-unsaturated/α-hetero) is 1. The van der Waals surface area contributed by atoms with Crippen LogP contribution in [-0.2, 0) is 6.42 Å². The maximum atomic E-state index is 12.9. The quantitative estimate of drug-likeness (QED) is 0.399. The van der Waals surface area contributed by atoms with Gasteiger partial charge in [-0.05, 0) is 57.9 Å². The van der Waals surface area contributed by atoms with Crippen molar-refractivity contribution in [2.24, 2.45) is 0 Å². The van der Waals surface area contributed by atoms with E-state index < -0.39 is 0 Å². The lowest BCUT2D eigenvalue weighted by atomic mass is 10.0. The fourth-order valence-electron chi connectivity index (χ4n) is 4.34. The maximum absolute atomic E-state index is 12.9. The number of hydrogen-bond donors (Lipinski definition) is 0. The van der Waals surface area contributed by atoms with E-state index in [4.69, 9.17) is 0 Å². The second-order valence-electron chi connectivity index (χ2n) is 8.91. The van der Waals surface area contributed by atoms with Crippen LogP contribution in [-0.4, -0.2) is 60.0 Å². The van der Waals surface area contributed by atoms with Gasteiger partial charge >= 0.3 is 0 Å². The predicted octanol–water partition coefficient (Wildman–Crippen LogP) is 4.12. The van der Waals surface area contributed by atoms with Crippen LogP contribution in [0.3, 0.4) is 0 Å². The van der Waals surface area contributed by atoms with Crippen molar-refractivity contribution in [3.63, 3.8) is 0 Å². The van der Waals surface area contributed by atoms with Crippen LogP contribution < -0.4 is 0 Å². The molecule has 8 nitrogen and oxygen atoms in total. The molecule has 0 unspecified atom stereocenters. The number of hydrogen-bond acceptors (Lipinski definition) is 8. The van der Waals surface area contributed by atoms with E-state index in [0.717, 1.165) is 52.4 Å². The van der Waals surface area contributed by atoms with Crippen LogP contribution in [0.4, 0.5) is 0 Å². The summed E-state index contributed by atoms with van der Waals surface area (Å²) >= 11 is 1.55. The minimum absolute atomic E-state index is 0.00502. The second kappa shape index (κ2) is 9.07. The molecule has 1 aliphatic rings. The van der Waals surface area contributed by atoms with E-state index in [1.54, 1.807) is 17.5 Å². The summed E-state index contributed by atoms with van der Waals surface area (Å²) in [7, 11) is 0. The molecule has 1 saturated heterocycles. The maximum Gasteiger partial charge on any atom is 0.172 e. The van der Waals surface area contributed by atoms with Gasteiger partial charge in [-0.3, -0.25) is 9.48 Å². The third kappa shape index (κ3) is 4.69. The van der Waals surface area contributed by atoms with Gasteiger partial charge in [-0.1, -0.05) is 11.3 Å². The SMILES string of the molecule is Cc1nnc(-c2ccc3nnc(CC(=O)c4cnn(C5CCN(C(C)C)CC5)c4)cc3c2)s1. The van der Waals surface area contributed by atoms with Gasteiger partial charge in [0.25, 0.3) is 0 Å². The van der Waals surface area contributed by atoms with Gasteiger partial charge in [-0.2, -0.15) is 15.3 Å². The Kier molecular flexibility index (Phi) is 5.99. The highest BCUT2D eigenvalue weighted by Crippen LogP contribution is 2.27. The molecule has 1 aliphatic heterocycles. The van der Waals surface area contributed by atoms with Gasteiger partial charge in [-0.25, -0.2) is 0 Å². The zero-order valence-corrected chi connectivity index (χ0v) is 19.9. The number of carbonyl (C=O) groups excluding carboxylic acids is 1. The van der Waals surface area contributed by atoms with Crippen molar-refractivity contribution in [2.45, 2.75) is 52.1 Å². The van der Waals surface area contributed by atoms with E-state index in [2.05, 4.69) is 44.2 Å². The van der Waals surface area contributed by atoms with Crippen LogP contribution in [0, 0.1) is 6.92 Å². The molecule has 0 bridgehead atoms. The van der Waals surface area contributed by atoms with Crippen LogP contribution in [0.1, 0.15) is 53.8 Å². The lowest BCUT2D eigenvalue weighted by molar-refractivity contribution is 0.0991. The van der Waals surface area contributed by atoms with Crippen molar-refractivity contribution < 1.29 is 4.79 Å². The molecule has 1 fully saturated rings. The number of ketones is 1. The van der Waals surface area contributed by atoms with Crippen LogP contribution in [0.2, 0.25) is 0 Å². The molecule has 9 heteroatoms. The summed E-state index contributed by atoms with van der Waals surface area (Å²) in [6, 6.07) is 8.78. The Morgan fingerprint density at radius 3 is 2.67 bits per heavy atom. The average Bonchev–Trinajstić information content (AvgIpc) is 3.48. The largest absolute Gasteiger partial charge is 0.301 e. The Bertz CT molecular complexity index is 1290. The van der Waals surface area contributed by atoms with Crippen molar-refractivity contribution in [2.75, 3.05) is 13.1 Å². The zero-order chi connectivity index (χ0) is 22.9. The molecule has 0 N–H and O–H groups in total. The molecule has 0 spiro atoms. The topological polar surface area (TPSA) is 89.7 Å². The van der Waals surface area contributed by atoms with Crippen molar-refractivity contribution in [1.29, 1.82) is 0 Å². The van der Waals surface area contributed by atoms with Gasteiger partial charge in [0, 0.05) is 36.3 Å². The Morgan fingerprint density at radius 1 is 1.12 bits per heavy atom. The van der Waals surface area contributed by atoms with Gasteiger partial charge in [0.05, 0.1) is 35.4 Å². The van der Waals surface area contributed by atoms with Gasteiger partial charge in [0.2, 0.25) is 0 Å². The summed E-state index contributed by atoms with van der Waals surface area (Å²) in [4.78, 5) is 15.4. The van der Waals surface area contributed by atoms with E-state index >= 15 is 0 Å². The highest BCUT2D eigenvalue weighted by Gasteiger charge is 2.23. The third-order valence-electron chi connectivity index (χ3n) is 6.28. The number of rotatable bonds is 6. The molecule has 0 amide bonds. The number of aromatic nitrogens is 6. The second-order valence-corrected chi connectivity index (χ2v) is 10.1. The Hall–Kier alpha value is -3.04. The number of benzene rings is 1. The zero-order valence-electron chi connectivity index (χ0n) is 19.1. The first-order chi connectivity index (χ1) is 16.0. The summed E-state index contributed by atoms with van der Waals surface area (Å²) in [6.45, 7) is 8.54. The number of likely N-dealkylation sites (tertiary alicyclic amines) is 1. The molecule has 0 saturated carbocycles. The van der Waals surface area contributed by atoms with E-state index in [9.17, 15) is 4.79 Å². The summed E-state index contributed by atoms with van der Waals surface area (Å²) in [6.07, 6.45) is 5.88. The van der Waals surface area contributed by atoms with E-state index in [-0.39, 0.29) is 12.2 Å². The Morgan fingerprint density at radius 2 is 1.94 bits per heavy atom. The number of aryl methyl sites for hydroxylation is 1. The van der Waals surface area contributed by atoms with Crippen molar-refractivity contribution in [3.8, 4) is 10.6 Å². The van der Waals surface area contributed by atoms with Gasteiger partial charge in [0.15, 0.2) is 5.78 Å². The molecule has 1 aromatic carbocycles. The minimum atomic E-state index is 0.00502. The van der Waals surface area contributed by atoms with Gasteiger partial charge in [-0.15, -0.1) is 10.2 Å². The molecule has 0 atom stereocenters. The Balaban J connectivity index is 1.29. The van der Waals surface area contributed by atoms with Crippen molar-refractivity contribution in [3.05, 3.63) is 52.9 Å². The molecular weight excluding hydrogens is 434 g/mol. The molecule has 4 heterocycles. The van der Waals surface area contributed by atoms with Crippen molar-refractivity contribution >= 4 is 28.0 Å². The molecule has 170 valence electrons. The van der Waals surface area contributed by atoms with Gasteiger partial charge < -0.3 is 4.90 Å². The normalized spacial score (nSPS) is 15.5. The highest BCUT2D eigenvalue weighted by molar-refractivity contribution is 7.14. The van der Waals surface area contributed by atoms with Crippen molar-refractivity contribution in [1.82, 2.24) is 35.1 Å². The standard InChI is InChI=1S/C24H27N7OS/c1-15(2)30-8-6-21(7-9-30)31-14-19(13-25-31)23(32)12-20-11-18-10-17(4-5-22(18)28-27-20)24-29-26-16(3)33-24/h4-5,10-11,13-15,21H,6-9,12H2,1-3H3. The molecule has 33 heavy (non-hydrogen) atoms. The van der Waals surface area contributed by atoms with Crippen LogP contribution in [0.15, 0.2) is 36.7 Å². The smallest absolute Gasteiger partial charge is 0.172 e. The number of fused-ring (bicyclic) bond motifs is 1. The molecule has 0 aliphatic carbocycles. The van der Waals surface area contributed by atoms with Crippen LogP contribution in [0.5, 0.6) is 0 Å². The number of carbonyl (C=O) groups is 1. The summed E-state index contributed by atoms with van der Waals surface area (Å²) in [5.74, 6) is 0.00502. The van der Waals surface area contributed by atoms with Crippen LogP contribution >= 0.6 is 11.3 Å². The number of piperidine rings is 1. The fraction of sp³-hybridized carbons (Fsp3) is 0.417. The average molecular weight is 462 g/mol. The monoisotopic (exact) mass is 461 g/mol. The first-order valence-corrected chi connectivity index (χ1v) is 12.2. The molecular formula is C24H27N7OS. The summed E-state index contributed by atoms with van der Waals surface area (Å²) in [5, 5.41) is 24.1. The minimum Gasteiger partial charge on any atom is -0.301 e. The van der Waals surface area contributed by atoms with E-state index in [1.807, 2.05) is 42.1 Å². The first kappa shape index (κ1) is 21.8. The highest BCUT2D eigenvalue weighted by atomic mass is 32.1. The summed E-state index contributed by atoms with van der Waals surface area (Å²) in [5.41, 5.74) is 3.05. The fourth-order valence-corrected chi connectivity index (χ4v) is 5.02. The van der Waals surface area contributed by atoms with Crippen LogP contribution in [0.25, 0.3) is 21.5 Å².